The minimum atomic E-state index is -3.49. The molecule has 0 fully saturated rings. The van der Waals surface area contributed by atoms with Crippen LogP contribution in [0.1, 0.15) is 25.8 Å². The van der Waals surface area contributed by atoms with E-state index in [0.29, 0.717) is 5.56 Å². The van der Waals surface area contributed by atoms with Crippen molar-refractivity contribution in [2.75, 3.05) is 7.05 Å². The largest absolute Gasteiger partial charge is 0.389 e. The molecule has 100 valence electrons. The highest BCUT2D eigenvalue weighted by molar-refractivity contribution is 7.89. The number of hydrogen-bond donors (Lipinski definition) is 1. The van der Waals surface area contributed by atoms with Gasteiger partial charge in [0.15, 0.2) is 0 Å². The van der Waals surface area contributed by atoms with Gasteiger partial charge in [0, 0.05) is 18.7 Å². The lowest BCUT2D eigenvalue weighted by Gasteiger charge is -2.23. The fourth-order valence-corrected chi connectivity index (χ4v) is 3.08. The fourth-order valence-electron chi connectivity index (χ4n) is 1.47. The van der Waals surface area contributed by atoms with Crippen LogP contribution in [-0.4, -0.2) is 30.8 Å². The molecule has 0 aliphatic carbocycles. The second-order valence-corrected chi connectivity index (χ2v) is 6.61. The normalized spacial score (nSPS) is 13.6. The van der Waals surface area contributed by atoms with Gasteiger partial charge in [-0.15, -0.1) is 0 Å². The first-order chi connectivity index (χ1) is 8.30. The van der Waals surface area contributed by atoms with Gasteiger partial charge in [-0.3, -0.25) is 0 Å². The van der Waals surface area contributed by atoms with Crippen LogP contribution in [0.15, 0.2) is 29.2 Å². The third-order valence-corrected chi connectivity index (χ3v) is 5.21. The first-order valence-corrected chi connectivity index (χ1v) is 7.53. The minimum absolute atomic E-state index is 0.0523. The van der Waals surface area contributed by atoms with E-state index >= 15 is 0 Å². The van der Waals surface area contributed by atoms with E-state index in [1.54, 1.807) is 25.2 Å². The van der Waals surface area contributed by atoms with Gasteiger partial charge >= 0.3 is 0 Å². The monoisotopic (exact) mass is 286 g/mol. The van der Waals surface area contributed by atoms with Gasteiger partial charge in [0.05, 0.1) is 4.90 Å². The summed E-state index contributed by atoms with van der Waals surface area (Å²) in [7, 11) is -1.91. The Bertz CT molecular complexity index is 541. The maximum Gasteiger partial charge on any atom is 0.243 e. The Morgan fingerprint density at radius 3 is 2.61 bits per heavy atom. The van der Waals surface area contributed by atoms with Gasteiger partial charge in [0.2, 0.25) is 10.0 Å². The summed E-state index contributed by atoms with van der Waals surface area (Å²) in [5.41, 5.74) is 6.07. The van der Waals surface area contributed by atoms with Crippen molar-refractivity contribution in [3.8, 4) is 0 Å². The van der Waals surface area contributed by atoms with E-state index in [-0.39, 0.29) is 15.9 Å². The van der Waals surface area contributed by atoms with Crippen molar-refractivity contribution in [3.63, 3.8) is 0 Å². The quantitative estimate of drug-likeness (QED) is 0.838. The second kappa shape index (κ2) is 5.77. The molecule has 4 nitrogen and oxygen atoms in total. The zero-order valence-corrected chi connectivity index (χ0v) is 12.4. The van der Waals surface area contributed by atoms with Crippen molar-refractivity contribution in [3.05, 3.63) is 29.8 Å². The smallest absolute Gasteiger partial charge is 0.243 e. The predicted octanol–water partition coefficient (Wildman–Crippen LogP) is 1.74. The molecule has 0 heterocycles. The van der Waals surface area contributed by atoms with Crippen LogP contribution in [0.25, 0.3) is 0 Å². The summed E-state index contributed by atoms with van der Waals surface area (Å²) < 4.78 is 26.1. The van der Waals surface area contributed by atoms with Crippen LogP contribution in [0.4, 0.5) is 0 Å². The Morgan fingerprint density at radius 2 is 2.11 bits per heavy atom. The highest BCUT2D eigenvalue weighted by atomic mass is 32.2. The van der Waals surface area contributed by atoms with Crippen LogP contribution in [0.2, 0.25) is 0 Å². The molecule has 18 heavy (non-hydrogen) atoms. The van der Waals surface area contributed by atoms with Gasteiger partial charge < -0.3 is 5.73 Å². The van der Waals surface area contributed by atoms with Crippen molar-refractivity contribution in [2.24, 2.45) is 5.73 Å². The molecule has 2 N–H and O–H groups in total. The number of rotatable bonds is 5. The van der Waals surface area contributed by atoms with Crippen molar-refractivity contribution in [1.82, 2.24) is 4.31 Å². The molecule has 1 unspecified atom stereocenters. The molecular formula is C12H18N2O2S2. The second-order valence-electron chi connectivity index (χ2n) is 4.17. The standard InChI is InChI=1S/C12H18N2O2S2/c1-4-9(2)14(3)18(15,16)11-7-5-6-10(8-11)12(13)17/h5-9H,4H2,1-3H3,(H2,13,17). The molecule has 0 bridgehead atoms. The van der Waals surface area contributed by atoms with Crippen LogP contribution >= 0.6 is 12.2 Å². The summed E-state index contributed by atoms with van der Waals surface area (Å²) in [4.78, 5) is 0.411. The lowest BCUT2D eigenvalue weighted by atomic mass is 10.2. The van der Waals surface area contributed by atoms with Crippen molar-refractivity contribution >= 4 is 27.2 Å². The van der Waals surface area contributed by atoms with E-state index in [1.807, 2.05) is 13.8 Å². The Kier molecular flexibility index (Phi) is 4.84. The lowest BCUT2D eigenvalue weighted by Crippen LogP contribution is -2.34. The van der Waals surface area contributed by atoms with Crippen LogP contribution in [0, 0.1) is 0 Å². The van der Waals surface area contributed by atoms with Crippen LogP contribution in [0.5, 0.6) is 0 Å². The number of thiocarbonyl (C=S) groups is 1. The summed E-state index contributed by atoms with van der Waals surface area (Å²) in [5.74, 6) is 0. The first-order valence-electron chi connectivity index (χ1n) is 5.68. The average molecular weight is 286 g/mol. The molecule has 6 heteroatoms. The highest BCUT2D eigenvalue weighted by Crippen LogP contribution is 2.18. The Labute approximate surface area is 114 Å². The number of sulfonamides is 1. The molecule has 1 rings (SSSR count). The molecule has 0 saturated heterocycles. The zero-order valence-electron chi connectivity index (χ0n) is 10.8. The van der Waals surface area contributed by atoms with Gasteiger partial charge in [-0.1, -0.05) is 31.3 Å². The van der Waals surface area contributed by atoms with Crippen LogP contribution in [-0.2, 0) is 10.0 Å². The number of benzene rings is 1. The van der Waals surface area contributed by atoms with E-state index in [4.69, 9.17) is 18.0 Å². The Balaban J connectivity index is 3.20. The van der Waals surface area contributed by atoms with Gasteiger partial charge in [0.25, 0.3) is 0 Å². The number of hydrogen-bond acceptors (Lipinski definition) is 3. The fraction of sp³-hybridized carbons (Fsp3) is 0.417. The molecule has 1 aromatic carbocycles. The van der Waals surface area contributed by atoms with E-state index in [1.165, 1.54) is 10.4 Å². The molecule has 0 aliphatic rings. The molecule has 0 spiro atoms. The van der Waals surface area contributed by atoms with Crippen LogP contribution in [0.3, 0.4) is 0 Å². The van der Waals surface area contributed by atoms with Crippen molar-refractivity contribution in [2.45, 2.75) is 31.2 Å². The van der Waals surface area contributed by atoms with E-state index in [0.717, 1.165) is 6.42 Å². The molecule has 1 atom stereocenters. The van der Waals surface area contributed by atoms with Gasteiger partial charge in [-0.25, -0.2) is 8.42 Å². The summed E-state index contributed by atoms with van der Waals surface area (Å²) in [5, 5.41) is 0. The molecule has 0 radical (unpaired) electrons. The number of nitrogens with two attached hydrogens (primary N) is 1. The molecule has 0 amide bonds. The average Bonchev–Trinajstić information content (AvgIpc) is 2.36. The third-order valence-electron chi connectivity index (χ3n) is 3.01. The molecule has 0 aliphatic heterocycles. The van der Waals surface area contributed by atoms with E-state index in [9.17, 15) is 8.42 Å². The minimum Gasteiger partial charge on any atom is -0.389 e. The lowest BCUT2D eigenvalue weighted by molar-refractivity contribution is 0.380. The third kappa shape index (κ3) is 3.07. The maximum absolute atomic E-state index is 12.3. The molecule has 0 aromatic heterocycles. The predicted molar refractivity (Wildman–Crippen MR) is 77.0 cm³/mol. The van der Waals surface area contributed by atoms with Gasteiger partial charge in [-0.05, 0) is 25.5 Å². The van der Waals surface area contributed by atoms with E-state index in [2.05, 4.69) is 0 Å². The van der Waals surface area contributed by atoms with Crippen molar-refractivity contribution < 1.29 is 8.42 Å². The highest BCUT2D eigenvalue weighted by Gasteiger charge is 2.24. The molecule has 0 saturated carbocycles. The molecule has 1 aromatic rings. The zero-order chi connectivity index (χ0) is 13.9. The first kappa shape index (κ1) is 15.1. The van der Waals surface area contributed by atoms with Gasteiger partial charge in [-0.2, -0.15) is 4.31 Å². The van der Waals surface area contributed by atoms with Crippen molar-refractivity contribution in [1.29, 1.82) is 0 Å². The number of nitrogens with zero attached hydrogens (tertiary/aromatic N) is 1. The Hall–Kier alpha value is -0.980. The van der Waals surface area contributed by atoms with Crippen LogP contribution < -0.4 is 5.73 Å². The maximum atomic E-state index is 12.3. The summed E-state index contributed by atoms with van der Waals surface area (Å²) >= 11 is 4.85. The SMILES string of the molecule is CCC(C)N(C)S(=O)(=O)c1cccc(C(N)=S)c1. The van der Waals surface area contributed by atoms with Gasteiger partial charge in [0.1, 0.15) is 4.99 Å². The van der Waals surface area contributed by atoms with E-state index < -0.39 is 10.0 Å². The summed E-state index contributed by atoms with van der Waals surface area (Å²) in [6.07, 6.45) is 0.755. The Morgan fingerprint density at radius 1 is 1.50 bits per heavy atom. The summed E-state index contributed by atoms with van der Waals surface area (Å²) in [6.45, 7) is 3.82. The topological polar surface area (TPSA) is 63.4 Å². The molecular weight excluding hydrogens is 268 g/mol. The summed E-state index contributed by atoms with van der Waals surface area (Å²) in [6, 6.07) is 6.35.